The average molecular weight is 341 g/mol. The topological polar surface area (TPSA) is 9.23 Å². The van der Waals surface area contributed by atoms with E-state index in [0.29, 0.717) is 0 Å². The molecule has 2 aliphatic rings. The van der Waals surface area contributed by atoms with Crippen molar-refractivity contribution in [1.29, 1.82) is 0 Å². The summed E-state index contributed by atoms with van der Waals surface area (Å²) in [6.07, 6.45) is 16.2. The average Bonchev–Trinajstić information content (AvgIpc) is 2.68. The van der Waals surface area contributed by atoms with Crippen LogP contribution in [0.15, 0.2) is 36.4 Å². The first kappa shape index (κ1) is 18.7. The van der Waals surface area contributed by atoms with Gasteiger partial charge in [0.15, 0.2) is 0 Å². The maximum Gasteiger partial charge on any atom is 0.0716 e. The van der Waals surface area contributed by atoms with Crippen LogP contribution in [-0.4, -0.2) is 6.61 Å². The van der Waals surface area contributed by atoms with E-state index in [0.717, 1.165) is 36.9 Å². The summed E-state index contributed by atoms with van der Waals surface area (Å²) >= 11 is 0. The van der Waals surface area contributed by atoms with Crippen molar-refractivity contribution in [3.05, 3.63) is 47.5 Å². The normalized spacial score (nSPS) is 30.6. The molecule has 1 aromatic carbocycles. The fourth-order valence-corrected chi connectivity index (χ4v) is 5.11. The van der Waals surface area contributed by atoms with Crippen molar-refractivity contribution >= 4 is 0 Å². The van der Waals surface area contributed by atoms with E-state index in [-0.39, 0.29) is 0 Å². The van der Waals surface area contributed by atoms with Crippen molar-refractivity contribution in [1.82, 2.24) is 0 Å². The SMILES string of the molecule is C/C=C/[C@H]1CC[C@H](C2CCC(c3ccc(COCC)cc3)CC2)CC1. The predicted octanol–water partition coefficient (Wildman–Crippen LogP) is 6.88. The minimum atomic E-state index is 0.749. The molecule has 0 aromatic heterocycles. The summed E-state index contributed by atoms with van der Waals surface area (Å²) in [5.74, 6) is 3.67. The van der Waals surface area contributed by atoms with Gasteiger partial charge in [-0.05, 0) is 100 Å². The minimum absolute atomic E-state index is 0.749. The summed E-state index contributed by atoms with van der Waals surface area (Å²) in [4.78, 5) is 0. The van der Waals surface area contributed by atoms with Crippen LogP contribution in [0.2, 0.25) is 0 Å². The van der Waals surface area contributed by atoms with Gasteiger partial charge in [-0.25, -0.2) is 0 Å². The zero-order valence-electron chi connectivity index (χ0n) is 16.3. The number of hydrogen-bond donors (Lipinski definition) is 0. The van der Waals surface area contributed by atoms with Crippen molar-refractivity contribution in [2.24, 2.45) is 17.8 Å². The molecule has 0 amide bonds. The third-order valence-corrected chi connectivity index (χ3v) is 6.64. The fraction of sp³-hybridized carbons (Fsp3) is 0.667. The molecule has 3 rings (SSSR count). The molecule has 0 unspecified atom stereocenters. The van der Waals surface area contributed by atoms with Crippen molar-refractivity contribution in [3.8, 4) is 0 Å². The first-order valence-electron chi connectivity index (χ1n) is 10.6. The van der Waals surface area contributed by atoms with Crippen LogP contribution in [0.25, 0.3) is 0 Å². The van der Waals surface area contributed by atoms with Gasteiger partial charge >= 0.3 is 0 Å². The quantitative estimate of drug-likeness (QED) is 0.513. The van der Waals surface area contributed by atoms with Gasteiger partial charge < -0.3 is 4.74 Å². The molecular weight excluding hydrogens is 304 g/mol. The Morgan fingerprint density at radius 1 is 0.880 bits per heavy atom. The Labute approximate surface area is 154 Å². The Kier molecular flexibility index (Phi) is 7.16. The number of hydrogen-bond acceptors (Lipinski definition) is 1. The fourth-order valence-electron chi connectivity index (χ4n) is 5.11. The molecule has 0 saturated heterocycles. The van der Waals surface area contributed by atoms with Crippen LogP contribution in [0.4, 0.5) is 0 Å². The summed E-state index contributed by atoms with van der Waals surface area (Å²) < 4.78 is 5.50. The van der Waals surface area contributed by atoms with Crippen LogP contribution >= 0.6 is 0 Å². The van der Waals surface area contributed by atoms with E-state index in [2.05, 4.69) is 50.3 Å². The van der Waals surface area contributed by atoms with Gasteiger partial charge in [-0.2, -0.15) is 0 Å². The maximum absolute atomic E-state index is 5.50. The number of allylic oxidation sites excluding steroid dienone is 2. The second-order valence-corrected chi connectivity index (χ2v) is 8.19. The van der Waals surface area contributed by atoms with Crippen LogP contribution in [0.1, 0.15) is 82.3 Å². The Morgan fingerprint density at radius 2 is 1.48 bits per heavy atom. The zero-order valence-corrected chi connectivity index (χ0v) is 16.3. The summed E-state index contributed by atoms with van der Waals surface area (Å²) in [6.45, 7) is 5.76. The van der Waals surface area contributed by atoms with Gasteiger partial charge in [0.2, 0.25) is 0 Å². The highest BCUT2D eigenvalue weighted by Crippen LogP contribution is 2.44. The van der Waals surface area contributed by atoms with E-state index in [4.69, 9.17) is 4.74 Å². The van der Waals surface area contributed by atoms with Crippen molar-refractivity contribution < 1.29 is 4.74 Å². The molecule has 1 heteroatoms. The standard InChI is InChI=1S/C24H36O/c1-3-5-19-6-10-21(11-7-19)23-14-16-24(17-15-23)22-12-8-20(9-13-22)18-25-4-2/h3,5,8-9,12-13,19,21,23-24H,4,6-7,10-11,14-18H2,1-2H3/b5-3+/t19-,21-,23?,24?. The van der Waals surface area contributed by atoms with E-state index in [1.807, 2.05) is 0 Å². The van der Waals surface area contributed by atoms with Gasteiger partial charge in [0.25, 0.3) is 0 Å². The monoisotopic (exact) mass is 340 g/mol. The van der Waals surface area contributed by atoms with E-state index in [1.165, 1.54) is 56.9 Å². The van der Waals surface area contributed by atoms with Crippen LogP contribution in [0.5, 0.6) is 0 Å². The van der Waals surface area contributed by atoms with Gasteiger partial charge in [0, 0.05) is 6.61 Å². The number of benzene rings is 1. The lowest BCUT2D eigenvalue weighted by Crippen LogP contribution is -2.25. The van der Waals surface area contributed by atoms with E-state index >= 15 is 0 Å². The maximum atomic E-state index is 5.50. The van der Waals surface area contributed by atoms with E-state index in [1.54, 1.807) is 5.56 Å². The third kappa shape index (κ3) is 5.20. The lowest BCUT2D eigenvalue weighted by Gasteiger charge is -2.37. The second-order valence-electron chi connectivity index (χ2n) is 8.19. The highest BCUT2D eigenvalue weighted by molar-refractivity contribution is 5.25. The molecule has 2 fully saturated rings. The van der Waals surface area contributed by atoms with Crippen molar-refractivity contribution in [3.63, 3.8) is 0 Å². The van der Waals surface area contributed by atoms with Gasteiger partial charge in [-0.1, -0.05) is 36.4 Å². The van der Waals surface area contributed by atoms with Crippen molar-refractivity contribution in [2.45, 2.75) is 77.7 Å². The Bertz CT molecular complexity index is 514. The lowest BCUT2D eigenvalue weighted by atomic mass is 9.68. The molecule has 0 heterocycles. The van der Waals surface area contributed by atoms with Crippen LogP contribution in [-0.2, 0) is 11.3 Å². The second kappa shape index (κ2) is 9.57. The molecule has 0 bridgehead atoms. The van der Waals surface area contributed by atoms with Crippen LogP contribution in [0, 0.1) is 17.8 Å². The Hall–Kier alpha value is -1.08. The molecule has 1 aromatic rings. The molecule has 0 radical (unpaired) electrons. The molecule has 138 valence electrons. The summed E-state index contributed by atoms with van der Waals surface area (Å²) in [7, 11) is 0. The zero-order chi connectivity index (χ0) is 17.5. The minimum Gasteiger partial charge on any atom is -0.377 e. The largest absolute Gasteiger partial charge is 0.377 e. The van der Waals surface area contributed by atoms with Gasteiger partial charge in [0.05, 0.1) is 6.61 Å². The van der Waals surface area contributed by atoms with E-state index < -0.39 is 0 Å². The molecule has 2 saturated carbocycles. The van der Waals surface area contributed by atoms with Crippen LogP contribution in [0.3, 0.4) is 0 Å². The highest BCUT2D eigenvalue weighted by Gasteiger charge is 2.30. The molecule has 0 N–H and O–H groups in total. The molecule has 25 heavy (non-hydrogen) atoms. The third-order valence-electron chi connectivity index (χ3n) is 6.64. The number of rotatable bonds is 6. The van der Waals surface area contributed by atoms with Crippen LogP contribution < -0.4 is 0 Å². The Morgan fingerprint density at radius 3 is 2.04 bits per heavy atom. The first-order valence-corrected chi connectivity index (χ1v) is 10.6. The smallest absolute Gasteiger partial charge is 0.0716 e. The lowest BCUT2D eigenvalue weighted by molar-refractivity contribution is 0.134. The molecule has 0 aliphatic heterocycles. The predicted molar refractivity (Wildman–Crippen MR) is 107 cm³/mol. The summed E-state index contributed by atoms with van der Waals surface area (Å²) in [5, 5.41) is 0. The molecular formula is C24H36O. The molecule has 1 nitrogen and oxygen atoms in total. The van der Waals surface area contributed by atoms with Gasteiger partial charge in [0.1, 0.15) is 0 Å². The van der Waals surface area contributed by atoms with Gasteiger partial charge in [-0.3, -0.25) is 0 Å². The van der Waals surface area contributed by atoms with E-state index in [9.17, 15) is 0 Å². The van der Waals surface area contributed by atoms with Gasteiger partial charge in [-0.15, -0.1) is 0 Å². The molecule has 0 atom stereocenters. The number of ether oxygens (including phenoxy) is 1. The molecule has 0 spiro atoms. The first-order chi connectivity index (χ1) is 12.3. The molecule has 2 aliphatic carbocycles. The summed E-state index contributed by atoms with van der Waals surface area (Å²) in [6, 6.07) is 9.22. The Balaban J connectivity index is 1.45. The van der Waals surface area contributed by atoms with Crippen molar-refractivity contribution in [2.75, 3.05) is 6.61 Å². The summed E-state index contributed by atoms with van der Waals surface area (Å²) in [5.41, 5.74) is 2.85. The highest BCUT2D eigenvalue weighted by atomic mass is 16.5.